The first kappa shape index (κ1) is 11.4. The lowest BCUT2D eigenvalue weighted by Crippen LogP contribution is -2.34. The molecule has 0 aromatic heterocycles. The number of rotatable bonds is 5. The van der Waals surface area contributed by atoms with E-state index >= 15 is 0 Å². The Morgan fingerprint density at radius 1 is 1.42 bits per heavy atom. The average Bonchev–Trinajstić information content (AvgIpc) is 2.02. The molecule has 1 unspecified atom stereocenters. The number of hydrogen-bond acceptors (Lipinski definition) is 2. The first-order valence-electron chi connectivity index (χ1n) is 4.38. The van der Waals surface area contributed by atoms with E-state index in [0.717, 1.165) is 13.0 Å². The average molecular weight is 173 g/mol. The lowest BCUT2D eigenvalue weighted by atomic mass is 10.1. The van der Waals surface area contributed by atoms with E-state index in [1.807, 2.05) is 0 Å². The maximum Gasteiger partial charge on any atom is 0.248 e. The van der Waals surface area contributed by atoms with Crippen molar-refractivity contribution in [1.82, 2.24) is 5.32 Å². The first-order chi connectivity index (χ1) is 5.57. The molecule has 0 aromatic rings. The summed E-state index contributed by atoms with van der Waals surface area (Å²) in [6.45, 7) is 6.74. The van der Waals surface area contributed by atoms with Crippen LogP contribution in [0.25, 0.3) is 0 Å². The summed E-state index contributed by atoms with van der Waals surface area (Å²) in [6, 6.07) is 0. The Labute approximate surface area is 74.5 Å². The molecule has 0 aromatic carbocycles. The van der Waals surface area contributed by atoms with Gasteiger partial charge in [-0.05, 0) is 19.3 Å². The molecule has 72 valence electrons. The summed E-state index contributed by atoms with van der Waals surface area (Å²) in [6.07, 6.45) is 0.680. The van der Waals surface area contributed by atoms with Crippen molar-refractivity contribution in [2.45, 2.75) is 33.3 Å². The highest BCUT2D eigenvalue weighted by molar-refractivity contribution is 5.80. The molecule has 0 bridgehead atoms. The van der Waals surface area contributed by atoms with Crippen molar-refractivity contribution in [3.05, 3.63) is 0 Å². The van der Waals surface area contributed by atoms with E-state index in [9.17, 15) is 4.79 Å². The second-order valence-corrected chi connectivity index (χ2v) is 3.35. The van der Waals surface area contributed by atoms with Crippen molar-refractivity contribution in [3.8, 4) is 0 Å². The molecule has 0 aliphatic heterocycles. The van der Waals surface area contributed by atoms with Crippen LogP contribution in [0.4, 0.5) is 0 Å². The minimum absolute atomic E-state index is 0.0295. The number of amides is 1. The van der Waals surface area contributed by atoms with Gasteiger partial charge < -0.3 is 10.1 Å². The van der Waals surface area contributed by atoms with Crippen molar-refractivity contribution in [1.29, 1.82) is 0 Å². The molecular weight excluding hydrogens is 154 g/mol. The number of ether oxygens (including phenoxy) is 1. The maximum atomic E-state index is 11.1. The zero-order valence-electron chi connectivity index (χ0n) is 8.39. The van der Waals surface area contributed by atoms with Gasteiger partial charge in [-0.25, -0.2) is 0 Å². The van der Waals surface area contributed by atoms with Crippen molar-refractivity contribution in [3.63, 3.8) is 0 Å². The summed E-state index contributed by atoms with van der Waals surface area (Å²) in [7, 11) is 1.53. The van der Waals surface area contributed by atoms with Gasteiger partial charge in [0.25, 0.3) is 0 Å². The van der Waals surface area contributed by atoms with Crippen LogP contribution in [0.15, 0.2) is 0 Å². The van der Waals surface area contributed by atoms with Crippen molar-refractivity contribution >= 4 is 5.91 Å². The van der Waals surface area contributed by atoms with E-state index in [-0.39, 0.29) is 12.0 Å². The molecule has 0 aliphatic rings. The van der Waals surface area contributed by atoms with E-state index in [1.54, 1.807) is 6.92 Å². The van der Waals surface area contributed by atoms with Gasteiger partial charge in [0.2, 0.25) is 5.91 Å². The minimum Gasteiger partial charge on any atom is -0.372 e. The second kappa shape index (κ2) is 6.00. The third-order valence-corrected chi connectivity index (χ3v) is 1.74. The van der Waals surface area contributed by atoms with Gasteiger partial charge in [-0.2, -0.15) is 0 Å². The lowest BCUT2D eigenvalue weighted by Gasteiger charge is -2.10. The van der Waals surface area contributed by atoms with E-state index in [2.05, 4.69) is 19.2 Å². The molecule has 3 heteroatoms. The normalized spacial score (nSPS) is 13.1. The third-order valence-electron chi connectivity index (χ3n) is 1.74. The van der Waals surface area contributed by atoms with Gasteiger partial charge in [-0.1, -0.05) is 13.8 Å². The zero-order chi connectivity index (χ0) is 9.56. The van der Waals surface area contributed by atoms with E-state index < -0.39 is 0 Å². The summed E-state index contributed by atoms with van der Waals surface area (Å²) in [5.74, 6) is 0.598. The van der Waals surface area contributed by atoms with Gasteiger partial charge >= 0.3 is 0 Å². The Hall–Kier alpha value is -0.570. The number of carbonyl (C=O) groups is 1. The smallest absolute Gasteiger partial charge is 0.248 e. The summed E-state index contributed by atoms with van der Waals surface area (Å²) in [5, 5.41) is 2.80. The van der Waals surface area contributed by atoms with Crippen LogP contribution < -0.4 is 5.32 Å². The fourth-order valence-corrected chi connectivity index (χ4v) is 0.735. The highest BCUT2D eigenvalue weighted by Crippen LogP contribution is 1.96. The van der Waals surface area contributed by atoms with Crippen LogP contribution in [0.2, 0.25) is 0 Å². The Balaban J connectivity index is 3.44. The van der Waals surface area contributed by atoms with Crippen LogP contribution in [0, 0.1) is 5.92 Å². The van der Waals surface area contributed by atoms with Gasteiger partial charge in [0, 0.05) is 13.7 Å². The highest BCUT2D eigenvalue weighted by atomic mass is 16.5. The van der Waals surface area contributed by atoms with Gasteiger partial charge in [-0.15, -0.1) is 0 Å². The highest BCUT2D eigenvalue weighted by Gasteiger charge is 2.09. The molecule has 0 saturated heterocycles. The maximum absolute atomic E-state index is 11.1. The minimum atomic E-state index is -0.336. The van der Waals surface area contributed by atoms with Crippen LogP contribution in [0.5, 0.6) is 0 Å². The lowest BCUT2D eigenvalue weighted by molar-refractivity contribution is -0.130. The van der Waals surface area contributed by atoms with Gasteiger partial charge in [0.1, 0.15) is 6.10 Å². The second-order valence-electron chi connectivity index (χ2n) is 3.35. The van der Waals surface area contributed by atoms with Crippen LogP contribution >= 0.6 is 0 Å². The molecular formula is C9H19NO2. The number of hydrogen-bond donors (Lipinski definition) is 1. The van der Waals surface area contributed by atoms with Crippen LogP contribution in [-0.4, -0.2) is 25.7 Å². The Morgan fingerprint density at radius 2 is 2.00 bits per heavy atom. The van der Waals surface area contributed by atoms with Gasteiger partial charge in [-0.3, -0.25) is 4.79 Å². The zero-order valence-corrected chi connectivity index (χ0v) is 8.39. The number of methoxy groups -OCH3 is 1. The predicted molar refractivity (Wildman–Crippen MR) is 48.9 cm³/mol. The van der Waals surface area contributed by atoms with Crippen LogP contribution in [0.3, 0.4) is 0 Å². The van der Waals surface area contributed by atoms with Gasteiger partial charge in [0.05, 0.1) is 0 Å². The van der Waals surface area contributed by atoms with Crippen LogP contribution in [-0.2, 0) is 9.53 Å². The summed E-state index contributed by atoms with van der Waals surface area (Å²) in [4.78, 5) is 11.1. The van der Waals surface area contributed by atoms with Crippen molar-refractivity contribution in [2.75, 3.05) is 13.7 Å². The molecule has 0 heterocycles. The molecule has 1 N–H and O–H groups in total. The molecule has 1 amide bonds. The van der Waals surface area contributed by atoms with Crippen LogP contribution in [0.1, 0.15) is 27.2 Å². The van der Waals surface area contributed by atoms with Gasteiger partial charge in [0.15, 0.2) is 0 Å². The Kier molecular flexibility index (Phi) is 5.72. The fourth-order valence-electron chi connectivity index (χ4n) is 0.735. The molecule has 0 fully saturated rings. The first-order valence-corrected chi connectivity index (χ1v) is 4.38. The molecule has 3 nitrogen and oxygen atoms in total. The van der Waals surface area contributed by atoms with Crippen molar-refractivity contribution < 1.29 is 9.53 Å². The monoisotopic (exact) mass is 173 g/mol. The molecule has 0 rings (SSSR count). The van der Waals surface area contributed by atoms with E-state index in [4.69, 9.17) is 4.74 Å². The Morgan fingerprint density at radius 3 is 2.42 bits per heavy atom. The molecule has 0 aliphatic carbocycles. The third kappa shape index (κ3) is 5.13. The standard InChI is InChI=1S/C9H19NO2/c1-7(2)5-6-10-9(11)8(3)12-4/h7-8H,5-6H2,1-4H3,(H,10,11). The number of carbonyl (C=O) groups excluding carboxylic acids is 1. The molecule has 0 radical (unpaired) electrons. The summed E-state index contributed by atoms with van der Waals surface area (Å²) >= 11 is 0. The molecule has 1 atom stereocenters. The largest absolute Gasteiger partial charge is 0.372 e. The fraction of sp³-hybridized carbons (Fsp3) is 0.889. The Bertz CT molecular complexity index is 134. The molecule has 12 heavy (non-hydrogen) atoms. The van der Waals surface area contributed by atoms with Crippen molar-refractivity contribution in [2.24, 2.45) is 5.92 Å². The SMILES string of the molecule is COC(C)C(=O)NCCC(C)C. The predicted octanol–water partition coefficient (Wildman–Crippen LogP) is 1.18. The molecule has 0 saturated carbocycles. The number of nitrogens with one attached hydrogen (secondary N) is 1. The summed E-state index contributed by atoms with van der Waals surface area (Å²) in [5.41, 5.74) is 0. The molecule has 0 spiro atoms. The summed E-state index contributed by atoms with van der Waals surface area (Å²) < 4.78 is 4.86. The van der Waals surface area contributed by atoms with E-state index in [0.29, 0.717) is 5.92 Å². The van der Waals surface area contributed by atoms with E-state index in [1.165, 1.54) is 7.11 Å². The topological polar surface area (TPSA) is 38.3 Å². The quantitative estimate of drug-likeness (QED) is 0.678.